The van der Waals surface area contributed by atoms with E-state index in [1.807, 2.05) is 23.6 Å². The number of hydrogen-bond acceptors (Lipinski definition) is 9. The lowest BCUT2D eigenvalue weighted by Crippen LogP contribution is -2.46. The van der Waals surface area contributed by atoms with Gasteiger partial charge in [-0.15, -0.1) is 0 Å². The Bertz CT molecular complexity index is 612. The molecule has 10 heteroatoms. The molecule has 0 saturated carbocycles. The summed E-state index contributed by atoms with van der Waals surface area (Å²) in [5, 5.41) is 11.4. The summed E-state index contributed by atoms with van der Waals surface area (Å²) in [6, 6.07) is 0. The zero-order chi connectivity index (χ0) is 17.3. The van der Waals surface area contributed by atoms with E-state index in [0.717, 1.165) is 0 Å². The van der Waals surface area contributed by atoms with E-state index in [4.69, 9.17) is 15.2 Å². The van der Waals surface area contributed by atoms with Gasteiger partial charge in [0.15, 0.2) is 0 Å². The maximum absolute atomic E-state index is 11.4. The van der Waals surface area contributed by atoms with Gasteiger partial charge in [-0.2, -0.15) is 9.97 Å². The molecule has 2 aliphatic heterocycles. The average Bonchev–Trinajstić information content (AvgIpc) is 2.53. The van der Waals surface area contributed by atoms with Crippen LogP contribution in [0.3, 0.4) is 0 Å². The van der Waals surface area contributed by atoms with Crippen molar-refractivity contribution in [1.82, 2.24) is 9.97 Å². The molecular weight excluding hydrogens is 316 g/mol. The molecule has 10 nitrogen and oxygen atoms in total. The number of nitrogens with two attached hydrogens (primary N) is 1. The standard InChI is InChI=1S/C14H22N6O4/c1-9-7-19(8-10(2)24-9)14-16-12(15)11(20(21)22)13(17-14)18-3-5-23-6-4-18/h9-10H,3-8H2,1-2H3,(H2,15,16,17)/t9-,10+. The first kappa shape index (κ1) is 16.7. The second-order valence-corrected chi connectivity index (χ2v) is 6.10. The van der Waals surface area contributed by atoms with Crippen LogP contribution in [0.15, 0.2) is 0 Å². The normalized spacial score (nSPS) is 24.9. The highest BCUT2D eigenvalue weighted by Gasteiger charge is 2.31. The lowest BCUT2D eigenvalue weighted by atomic mass is 10.2. The van der Waals surface area contributed by atoms with Crippen molar-refractivity contribution < 1.29 is 14.4 Å². The molecule has 2 saturated heterocycles. The molecule has 2 aliphatic rings. The predicted octanol–water partition coefficient (Wildman–Crippen LogP) is 0.417. The van der Waals surface area contributed by atoms with Crippen LogP contribution in [-0.4, -0.2) is 66.5 Å². The highest BCUT2D eigenvalue weighted by molar-refractivity contribution is 5.71. The van der Waals surface area contributed by atoms with Crippen LogP contribution in [0.1, 0.15) is 13.8 Å². The molecular formula is C14H22N6O4. The molecule has 1 aromatic heterocycles. The van der Waals surface area contributed by atoms with E-state index in [-0.39, 0.29) is 29.5 Å². The largest absolute Gasteiger partial charge is 0.378 e. The van der Waals surface area contributed by atoms with Gasteiger partial charge in [-0.3, -0.25) is 10.1 Å². The lowest BCUT2D eigenvalue weighted by molar-refractivity contribution is -0.383. The first-order valence-electron chi connectivity index (χ1n) is 8.00. The Morgan fingerprint density at radius 3 is 2.38 bits per heavy atom. The minimum atomic E-state index is -0.519. The van der Waals surface area contributed by atoms with E-state index in [0.29, 0.717) is 45.3 Å². The molecule has 0 aliphatic carbocycles. The third kappa shape index (κ3) is 3.34. The molecule has 0 radical (unpaired) electrons. The molecule has 24 heavy (non-hydrogen) atoms. The van der Waals surface area contributed by atoms with Crippen LogP contribution in [0.4, 0.5) is 23.3 Å². The van der Waals surface area contributed by atoms with Crippen molar-refractivity contribution in [2.45, 2.75) is 26.1 Å². The number of rotatable bonds is 3. The smallest absolute Gasteiger partial charge is 0.353 e. The Balaban J connectivity index is 1.99. The van der Waals surface area contributed by atoms with Gasteiger partial charge in [0.05, 0.1) is 30.3 Å². The van der Waals surface area contributed by atoms with Gasteiger partial charge in [0.25, 0.3) is 0 Å². The quantitative estimate of drug-likeness (QED) is 0.617. The second-order valence-electron chi connectivity index (χ2n) is 6.10. The number of morpholine rings is 2. The van der Waals surface area contributed by atoms with Gasteiger partial charge in [0, 0.05) is 26.2 Å². The minimum Gasteiger partial charge on any atom is -0.378 e. The predicted molar refractivity (Wildman–Crippen MR) is 88.4 cm³/mol. The molecule has 1 aromatic rings. The summed E-state index contributed by atoms with van der Waals surface area (Å²) in [5.41, 5.74) is 5.66. The van der Waals surface area contributed by atoms with Crippen LogP contribution in [0.5, 0.6) is 0 Å². The Kier molecular flexibility index (Phi) is 4.67. The number of nitro groups is 1. The fraction of sp³-hybridized carbons (Fsp3) is 0.714. The van der Waals surface area contributed by atoms with Crippen LogP contribution >= 0.6 is 0 Å². The zero-order valence-electron chi connectivity index (χ0n) is 13.8. The summed E-state index contributed by atoms with van der Waals surface area (Å²) >= 11 is 0. The number of ether oxygens (including phenoxy) is 2. The zero-order valence-corrected chi connectivity index (χ0v) is 13.8. The number of nitrogen functional groups attached to an aromatic ring is 1. The van der Waals surface area contributed by atoms with Gasteiger partial charge in [-0.25, -0.2) is 0 Å². The van der Waals surface area contributed by atoms with Crippen LogP contribution in [-0.2, 0) is 9.47 Å². The summed E-state index contributed by atoms with van der Waals surface area (Å²) < 4.78 is 11.0. The third-order valence-electron chi connectivity index (χ3n) is 4.08. The number of nitrogens with zero attached hydrogens (tertiary/aromatic N) is 5. The number of hydrogen-bond donors (Lipinski definition) is 1. The van der Waals surface area contributed by atoms with E-state index in [1.54, 1.807) is 0 Å². The molecule has 3 rings (SSSR count). The van der Waals surface area contributed by atoms with E-state index in [9.17, 15) is 10.1 Å². The first-order chi connectivity index (χ1) is 11.5. The van der Waals surface area contributed by atoms with Crippen LogP contribution in [0, 0.1) is 10.1 Å². The third-order valence-corrected chi connectivity index (χ3v) is 4.08. The SMILES string of the molecule is C[C@@H]1CN(c2nc(N)c([N+](=O)[O-])c(N3CCOCC3)n2)C[C@H](C)O1. The van der Waals surface area contributed by atoms with Crippen molar-refractivity contribution in [3.05, 3.63) is 10.1 Å². The van der Waals surface area contributed by atoms with E-state index in [2.05, 4.69) is 9.97 Å². The van der Waals surface area contributed by atoms with Gasteiger partial charge < -0.3 is 25.0 Å². The van der Waals surface area contributed by atoms with E-state index in [1.165, 1.54) is 0 Å². The maximum atomic E-state index is 11.4. The monoisotopic (exact) mass is 338 g/mol. The molecule has 0 aromatic carbocycles. The summed E-state index contributed by atoms with van der Waals surface area (Å²) in [6.07, 6.45) is 0.0567. The molecule has 0 amide bonds. The molecule has 0 spiro atoms. The minimum absolute atomic E-state index is 0.0283. The molecule has 2 atom stereocenters. The van der Waals surface area contributed by atoms with Gasteiger partial charge in [0.2, 0.25) is 17.6 Å². The topological polar surface area (TPSA) is 120 Å². The van der Waals surface area contributed by atoms with Gasteiger partial charge in [-0.05, 0) is 13.8 Å². The fourth-order valence-corrected chi connectivity index (χ4v) is 3.10. The Labute approximate surface area is 139 Å². The van der Waals surface area contributed by atoms with Crippen molar-refractivity contribution in [2.75, 3.05) is 54.9 Å². The van der Waals surface area contributed by atoms with Crippen LogP contribution in [0.2, 0.25) is 0 Å². The van der Waals surface area contributed by atoms with E-state index >= 15 is 0 Å². The highest BCUT2D eigenvalue weighted by Crippen LogP contribution is 2.33. The Morgan fingerprint density at radius 1 is 1.17 bits per heavy atom. The maximum Gasteiger partial charge on any atom is 0.353 e. The summed E-state index contributed by atoms with van der Waals surface area (Å²) in [4.78, 5) is 23.4. The summed E-state index contributed by atoms with van der Waals surface area (Å²) in [7, 11) is 0. The summed E-state index contributed by atoms with van der Waals surface area (Å²) in [5.74, 6) is 0.553. The van der Waals surface area contributed by atoms with Gasteiger partial charge >= 0.3 is 5.69 Å². The van der Waals surface area contributed by atoms with Crippen molar-refractivity contribution in [3.63, 3.8) is 0 Å². The number of aromatic nitrogens is 2. The molecule has 3 heterocycles. The van der Waals surface area contributed by atoms with Gasteiger partial charge in [-0.1, -0.05) is 0 Å². The van der Waals surface area contributed by atoms with Crippen LogP contribution < -0.4 is 15.5 Å². The Hall–Kier alpha value is -2.20. The Morgan fingerprint density at radius 2 is 1.79 bits per heavy atom. The van der Waals surface area contributed by atoms with Crippen molar-refractivity contribution >= 4 is 23.3 Å². The summed E-state index contributed by atoms with van der Waals surface area (Å²) in [6.45, 7) is 7.25. The number of anilines is 3. The van der Waals surface area contributed by atoms with Crippen LogP contribution in [0.25, 0.3) is 0 Å². The molecule has 2 N–H and O–H groups in total. The molecule has 0 bridgehead atoms. The average molecular weight is 338 g/mol. The highest BCUT2D eigenvalue weighted by atomic mass is 16.6. The lowest BCUT2D eigenvalue weighted by Gasteiger charge is -2.36. The first-order valence-corrected chi connectivity index (χ1v) is 8.00. The molecule has 0 unspecified atom stereocenters. The fourth-order valence-electron chi connectivity index (χ4n) is 3.10. The van der Waals surface area contributed by atoms with Gasteiger partial charge in [0.1, 0.15) is 0 Å². The van der Waals surface area contributed by atoms with Crippen molar-refractivity contribution in [1.29, 1.82) is 0 Å². The molecule has 132 valence electrons. The second kappa shape index (κ2) is 6.73. The molecule has 2 fully saturated rings. The van der Waals surface area contributed by atoms with E-state index < -0.39 is 4.92 Å². The van der Waals surface area contributed by atoms with Crippen molar-refractivity contribution in [2.24, 2.45) is 0 Å². The van der Waals surface area contributed by atoms with Crippen molar-refractivity contribution in [3.8, 4) is 0 Å².